The van der Waals surface area contributed by atoms with Crippen LogP contribution in [0.4, 0.5) is 8.78 Å². The zero-order chi connectivity index (χ0) is 20.7. The number of halogens is 2. The van der Waals surface area contributed by atoms with Crippen molar-refractivity contribution in [3.8, 4) is 5.75 Å². The zero-order valence-electron chi connectivity index (χ0n) is 15.8. The van der Waals surface area contributed by atoms with Gasteiger partial charge in [0.1, 0.15) is 24.3 Å². The predicted molar refractivity (Wildman–Crippen MR) is 110 cm³/mol. The molecule has 0 radical (unpaired) electrons. The lowest BCUT2D eigenvalue weighted by Gasteiger charge is -2.26. The summed E-state index contributed by atoms with van der Waals surface area (Å²) < 4.78 is 32.2. The summed E-state index contributed by atoms with van der Waals surface area (Å²) in [6.07, 6.45) is 11.1. The minimum absolute atomic E-state index is 0.0867. The lowest BCUT2D eigenvalue weighted by atomic mass is 10.0. The number of nitrogens with zero attached hydrogens (tertiary/aromatic N) is 3. The molecule has 2 heterocycles. The van der Waals surface area contributed by atoms with Crippen molar-refractivity contribution in [1.82, 2.24) is 0 Å². The molecule has 0 saturated heterocycles. The molecule has 0 bridgehead atoms. The second kappa shape index (κ2) is 6.98. The molecule has 0 fully saturated rings. The third-order valence-electron chi connectivity index (χ3n) is 5.10. The van der Waals surface area contributed by atoms with E-state index in [9.17, 15) is 8.78 Å². The van der Waals surface area contributed by atoms with Gasteiger partial charge in [0.2, 0.25) is 5.70 Å². The van der Waals surface area contributed by atoms with Crippen LogP contribution >= 0.6 is 0 Å². The highest BCUT2D eigenvalue weighted by molar-refractivity contribution is 6.01. The van der Waals surface area contributed by atoms with E-state index in [0.29, 0.717) is 17.1 Å². The number of benzene rings is 2. The SMILES string of the molecule is N[N+]12C=CN=CC1=C(C1=CC=C1)N=C2c1cccc(OCc2ccc(F)c(F)c2)c1. The van der Waals surface area contributed by atoms with E-state index in [4.69, 9.17) is 15.6 Å². The van der Waals surface area contributed by atoms with E-state index in [0.717, 1.165) is 34.7 Å². The molecule has 7 heteroatoms. The summed E-state index contributed by atoms with van der Waals surface area (Å²) in [6, 6.07) is 11.1. The van der Waals surface area contributed by atoms with E-state index in [1.807, 2.05) is 36.4 Å². The molecule has 0 spiro atoms. The third kappa shape index (κ3) is 3.01. The number of allylic oxidation sites excluding steroid dienone is 4. The van der Waals surface area contributed by atoms with Gasteiger partial charge in [-0.3, -0.25) is 4.99 Å². The summed E-state index contributed by atoms with van der Waals surface area (Å²) in [6.45, 7) is 0.106. The highest BCUT2D eigenvalue weighted by atomic mass is 19.2. The Bertz CT molecular complexity index is 1240. The largest absolute Gasteiger partial charge is 0.489 e. The number of rotatable bonds is 5. The fourth-order valence-corrected chi connectivity index (χ4v) is 3.46. The Hall–Kier alpha value is -3.68. The van der Waals surface area contributed by atoms with Gasteiger partial charge in [-0.2, -0.15) is 10.8 Å². The second-order valence-electron chi connectivity index (χ2n) is 7.07. The number of nitrogens with two attached hydrogens (primary N) is 1. The summed E-state index contributed by atoms with van der Waals surface area (Å²) in [5.41, 5.74) is 3.90. The van der Waals surface area contributed by atoms with Gasteiger partial charge in [0.05, 0.1) is 18.0 Å². The minimum Gasteiger partial charge on any atom is -0.489 e. The van der Waals surface area contributed by atoms with Gasteiger partial charge in [-0.1, -0.05) is 30.4 Å². The Morgan fingerprint density at radius 3 is 2.70 bits per heavy atom. The predicted octanol–water partition coefficient (Wildman–Crippen LogP) is 4.26. The van der Waals surface area contributed by atoms with Crippen molar-refractivity contribution in [1.29, 1.82) is 0 Å². The van der Waals surface area contributed by atoms with Crippen molar-refractivity contribution >= 4 is 12.1 Å². The number of ether oxygens (including phenoxy) is 1. The second-order valence-corrected chi connectivity index (χ2v) is 7.07. The van der Waals surface area contributed by atoms with Crippen LogP contribution in [0.25, 0.3) is 0 Å². The van der Waals surface area contributed by atoms with Crippen LogP contribution < -0.4 is 10.6 Å². The number of amidine groups is 1. The maximum absolute atomic E-state index is 13.4. The molecule has 2 aromatic rings. The monoisotopic (exact) mass is 403 g/mol. The Kier molecular flexibility index (Phi) is 4.27. The lowest BCUT2D eigenvalue weighted by Crippen LogP contribution is -2.53. The molecule has 0 saturated carbocycles. The standard InChI is InChI=1S/C23H17F2N4O/c24-19-8-7-15(11-20(19)25)14-30-18-6-2-5-17(12-18)23-28-22(16-3-1-4-16)21-13-27-9-10-29(21,23)26/h1-13H,14,26H2/q+1. The minimum atomic E-state index is -0.899. The summed E-state index contributed by atoms with van der Waals surface area (Å²) in [5, 5.41) is 0. The highest BCUT2D eigenvalue weighted by Crippen LogP contribution is 2.36. The fourth-order valence-electron chi connectivity index (χ4n) is 3.46. The number of hydrogen-bond donors (Lipinski definition) is 1. The van der Waals surface area contributed by atoms with Crippen LogP contribution in [-0.4, -0.2) is 16.6 Å². The van der Waals surface area contributed by atoms with Crippen LogP contribution in [0.2, 0.25) is 0 Å². The number of hydrogen-bond acceptors (Lipinski definition) is 4. The molecule has 148 valence electrons. The smallest absolute Gasteiger partial charge is 0.265 e. The van der Waals surface area contributed by atoms with Gasteiger partial charge in [0, 0.05) is 5.57 Å². The first-order valence-electron chi connectivity index (χ1n) is 9.33. The van der Waals surface area contributed by atoms with Gasteiger partial charge in [-0.25, -0.2) is 8.78 Å². The van der Waals surface area contributed by atoms with E-state index in [2.05, 4.69) is 4.99 Å². The van der Waals surface area contributed by atoms with Crippen LogP contribution in [0.5, 0.6) is 5.75 Å². The van der Waals surface area contributed by atoms with Crippen LogP contribution in [0.1, 0.15) is 11.1 Å². The summed E-state index contributed by atoms with van der Waals surface area (Å²) >= 11 is 0. The Labute approximate surface area is 171 Å². The summed E-state index contributed by atoms with van der Waals surface area (Å²) in [7, 11) is 0. The average Bonchev–Trinajstić information content (AvgIpc) is 3.01. The van der Waals surface area contributed by atoms with Crippen molar-refractivity contribution in [2.75, 3.05) is 0 Å². The first kappa shape index (κ1) is 18.4. The molecule has 30 heavy (non-hydrogen) atoms. The van der Waals surface area contributed by atoms with Crippen molar-refractivity contribution in [3.63, 3.8) is 0 Å². The van der Waals surface area contributed by atoms with Gasteiger partial charge < -0.3 is 4.74 Å². The Morgan fingerprint density at radius 1 is 1.07 bits per heavy atom. The molecule has 5 nitrogen and oxygen atoms in total. The fraction of sp³-hybridized carbons (Fsp3) is 0.0435. The molecule has 2 aliphatic heterocycles. The van der Waals surface area contributed by atoms with Crippen molar-refractivity contribution < 1.29 is 18.1 Å². The normalized spacial score (nSPS) is 21.3. The number of fused-ring (bicyclic) bond motifs is 1. The third-order valence-corrected chi connectivity index (χ3v) is 5.10. The van der Waals surface area contributed by atoms with Crippen molar-refractivity contribution in [3.05, 3.63) is 113 Å². The van der Waals surface area contributed by atoms with E-state index in [1.54, 1.807) is 24.7 Å². The van der Waals surface area contributed by atoms with Gasteiger partial charge in [-0.05, 0) is 35.9 Å². The Balaban J connectivity index is 1.43. The molecule has 1 atom stereocenters. The molecular formula is C23H17F2N4O+. The summed E-state index contributed by atoms with van der Waals surface area (Å²) in [5.74, 6) is 6.12. The molecule has 2 aromatic carbocycles. The molecule has 1 aliphatic carbocycles. The molecule has 2 N–H and O–H groups in total. The molecule has 1 unspecified atom stereocenters. The Morgan fingerprint density at radius 2 is 1.93 bits per heavy atom. The summed E-state index contributed by atoms with van der Waals surface area (Å²) in [4.78, 5) is 9.02. The van der Waals surface area contributed by atoms with E-state index < -0.39 is 11.6 Å². The quantitative estimate of drug-likeness (QED) is 0.599. The van der Waals surface area contributed by atoms with Gasteiger partial charge in [0.25, 0.3) is 5.84 Å². The maximum Gasteiger partial charge on any atom is 0.265 e. The molecule has 5 rings (SSSR count). The van der Waals surface area contributed by atoms with E-state index in [-0.39, 0.29) is 11.2 Å². The number of quaternary nitrogens is 1. The first-order valence-corrected chi connectivity index (χ1v) is 9.33. The van der Waals surface area contributed by atoms with Crippen LogP contribution in [-0.2, 0) is 6.61 Å². The molecule has 0 aromatic heterocycles. The highest BCUT2D eigenvalue weighted by Gasteiger charge is 2.44. The van der Waals surface area contributed by atoms with E-state index >= 15 is 0 Å². The van der Waals surface area contributed by atoms with Crippen molar-refractivity contribution in [2.24, 2.45) is 15.8 Å². The van der Waals surface area contributed by atoms with E-state index in [1.165, 1.54) is 6.07 Å². The maximum atomic E-state index is 13.4. The van der Waals surface area contributed by atoms with Gasteiger partial charge in [0.15, 0.2) is 11.6 Å². The number of aliphatic imine (C=N–C) groups is 2. The topological polar surface area (TPSA) is 60.0 Å². The lowest BCUT2D eigenvalue weighted by molar-refractivity contribution is -0.750. The van der Waals surface area contributed by atoms with Gasteiger partial charge in [-0.15, -0.1) is 4.59 Å². The molecule has 0 amide bonds. The molecule has 3 aliphatic rings. The van der Waals surface area contributed by atoms with Crippen LogP contribution in [0.3, 0.4) is 0 Å². The first-order chi connectivity index (χ1) is 14.5. The van der Waals surface area contributed by atoms with Gasteiger partial charge >= 0.3 is 0 Å². The zero-order valence-corrected chi connectivity index (χ0v) is 15.8. The van der Waals surface area contributed by atoms with Crippen LogP contribution in [0, 0.1) is 11.6 Å². The van der Waals surface area contributed by atoms with Crippen molar-refractivity contribution in [2.45, 2.75) is 6.61 Å². The van der Waals surface area contributed by atoms with Crippen LogP contribution in [0.15, 0.2) is 100 Å². The molecular weight excluding hydrogens is 386 g/mol. The average molecular weight is 403 g/mol.